The lowest BCUT2D eigenvalue weighted by molar-refractivity contribution is -0.126. The Morgan fingerprint density at radius 1 is 1.24 bits per heavy atom. The zero-order valence-electron chi connectivity index (χ0n) is 16.1. The molecule has 6 nitrogen and oxygen atoms in total. The first-order valence-electron chi connectivity index (χ1n) is 9.98. The number of nitrogens with zero attached hydrogens (tertiary/aromatic N) is 3. The first kappa shape index (κ1) is 18.2. The quantitative estimate of drug-likeness (QED) is 0.792. The Kier molecular flexibility index (Phi) is 4.54. The SMILES string of the molecule is O=C(/C=C/c1cnc2c(c1)CC1(CC1)C(=O)N2)N1CCC(=Cc2nccs2)CC1. The van der Waals surface area contributed by atoms with Crippen LogP contribution >= 0.6 is 11.3 Å². The number of amides is 2. The molecule has 0 atom stereocenters. The zero-order valence-corrected chi connectivity index (χ0v) is 16.9. The average Bonchev–Trinajstić information content (AvgIpc) is 3.32. The van der Waals surface area contributed by atoms with E-state index in [0.29, 0.717) is 5.82 Å². The molecule has 0 unspecified atom stereocenters. The molecule has 2 aliphatic heterocycles. The molecule has 1 spiro atoms. The summed E-state index contributed by atoms with van der Waals surface area (Å²) in [6.45, 7) is 1.47. The van der Waals surface area contributed by atoms with Crippen molar-refractivity contribution in [3.63, 3.8) is 0 Å². The molecule has 148 valence electrons. The van der Waals surface area contributed by atoms with Crippen molar-refractivity contribution in [2.24, 2.45) is 5.41 Å². The Morgan fingerprint density at radius 3 is 2.79 bits per heavy atom. The van der Waals surface area contributed by atoms with Crippen LogP contribution < -0.4 is 5.32 Å². The topological polar surface area (TPSA) is 75.2 Å². The van der Waals surface area contributed by atoms with Crippen molar-refractivity contribution in [1.82, 2.24) is 14.9 Å². The molecule has 2 aromatic rings. The molecule has 0 aromatic carbocycles. The van der Waals surface area contributed by atoms with Crippen molar-refractivity contribution in [1.29, 1.82) is 0 Å². The van der Waals surface area contributed by atoms with Crippen LogP contribution in [0.2, 0.25) is 0 Å². The van der Waals surface area contributed by atoms with E-state index >= 15 is 0 Å². The average molecular weight is 407 g/mol. The fourth-order valence-corrected chi connectivity index (χ4v) is 4.64. The molecule has 3 aliphatic rings. The highest BCUT2D eigenvalue weighted by Gasteiger charge is 2.52. The van der Waals surface area contributed by atoms with Gasteiger partial charge in [-0.2, -0.15) is 0 Å². The number of aromatic nitrogens is 2. The van der Waals surface area contributed by atoms with Crippen molar-refractivity contribution in [3.8, 4) is 0 Å². The normalized spacial score (nSPS) is 19.9. The number of hydrogen-bond acceptors (Lipinski definition) is 5. The molecule has 1 aliphatic carbocycles. The number of piperidine rings is 1. The standard InChI is InChI=1S/C22H22N4O2S/c27-19(26-8-3-15(4-9-26)12-18-23-7-10-29-18)2-1-16-11-17-13-22(5-6-22)21(28)25-20(17)24-14-16/h1-2,7,10-12,14H,3-6,8-9,13H2,(H,24,25,28)/b2-1+. The van der Waals surface area contributed by atoms with Gasteiger partial charge in [-0.05, 0) is 61.4 Å². The highest BCUT2D eigenvalue weighted by molar-refractivity contribution is 7.10. The van der Waals surface area contributed by atoms with Gasteiger partial charge in [0.15, 0.2) is 0 Å². The first-order valence-corrected chi connectivity index (χ1v) is 10.9. The van der Waals surface area contributed by atoms with Gasteiger partial charge in [-0.25, -0.2) is 9.97 Å². The van der Waals surface area contributed by atoms with E-state index in [0.717, 1.165) is 61.3 Å². The lowest BCUT2D eigenvalue weighted by Crippen LogP contribution is -2.35. The van der Waals surface area contributed by atoms with Gasteiger partial charge in [0.05, 0.1) is 5.41 Å². The smallest absolute Gasteiger partial charge is 0.246 e. The summed E-state index contributed by atoms with van der Waals surface area (Å²) in [5, 5.41) is 5.93. The van der Waals surface area contributed by atoms with Crippen molar-refractivity contribution in [2.45, 2.75) is 32.1 Å². The van der Waals surface area contributed by atoms with Gasteiger partial charge in [-0.1, -0.05) is 5.57 Å². The van der Waals surface area contributed by atoms with Crippen molar-refractivity contribution in [2.75, 3.05) is 18.4 Å². The second kappa shape index (κ2) is 7.22. The maximum Gasteiger partial charge on any atom is 0.246 e. The van der Waals surface area contributed by atoms with E-state index in [-0.39, 0.29) is 17.2 Å². The third-order valence-corrected chi connectivity index (χ3v) is 6.72. The molecule has 0 radical (unpaired) electrons. The van der Waals surface area contributed by atoms with Crippen molar-refractivity contribution < 1.29 is 9.59 Å². The van der Waals surface area contributed by atoms with E-state index in [9.17, 15) is 9.59 Å². The minimum Gasteiger partial charge on any atom is -0.339 e. The van der Waals surface area contributed by atoms with E-state index in [4.69, 9.17) is 0 Å². The number of carbonyl (C=O) groups is 2. The lowest BCUT2D eigenvalue weighted by atomic mass is 9.92. The summed E-state index contributed by atoms with van der Waals surface area (Å²) in [6.07, 6.45) is 13.6. The maximum absolute atomic E-state index is 12.6. The maximum atomic E-state index is 12.6. The third kappa shape index (κ3) is 3.74. The largest absolute Gasteiger partial charge is 0.339 e. The highest BCUT2D eigenvalue weighted by Crippen LogP contribution is 2.52. The summed E-state index contributed by atoms with van der Waals surface area (Å²) in [6, 6.07) is 2.04. The molecule has 2 fully saturated rings. The second-order valence-corrected chi connectivity index (χ2v) is 8.95. The van der Waals surface area contributed by atoms with Gasteiger partial charge >= 0.3 is 0 Å². The Morgan fingerprint density at radius 2 is 2.07 bits per heavy atom. The van der Waals surface area contributed by atoms with E-state index in [1.807, 2.05) is 28.6 Å². The summed E-state index contributed by atoms with van der Waals surface area (Å²) in [5.41, 5.74) is 3.10. The number of hydrogen-bond donors (Lipinski definition) is 1. The molecule has 0 bridgehead atoms. The van der Waals surface area contributed by atoms with Gasteiger partial charge in [-0.3, -0.25) is 9.59 Å². The molecule has 5 rings (SSSR count). The van der Waals surface area contributed by atoms with Crippen LogP contribution in [0.1, 0.15) is 41.8 Å². The van der Waals surface area contributed by atoms with Crippen molar-refractivity contribution in [3.05, 3.63) is 51.6 Å². The summed E-state index contributed by atoms with van der Waals surface area (Å²) in [4.78, 5) is 35.2. The number of anilines is 1. The Labute approximate surface area is 173 Å². The molecule has 7 heteroatoms. The fourth-order valence-electron chi connectivity index (χ4n) is 4.02. The zero-order chi connectivity index (χ0) is 19.8. The van der Waals surface area contributed by atoms with Crippen LogP contribution in [0.5, 0.6) is 0 Å². The molecule has 29 heavy (non-hydrogen) atoms. The summed E-state index contributed by atoms with van der Waals surface area (Å²) >= 11 is 1.63. The molecule has 2 aromatic heterocycles. The molecule has 1 saturated carbocycles. The van der Waals surface area contributed by atoms with Gasteiger partial charge in [-0.15, -0.1) is 11.3 Å². The van der Waals surface area contributed by atoms with Crippen LogP contribution in [0.3, 0.4) is 0 Å². The van der Waals surface area contributed by atoms with Crippen LogP contribution in [0.4, 0.5) is 5.82 Å². The molecular weight excluding hydrogens is 384 g/mol. The second-order valence-electron chi connectivity index (χ2n) is 8.02. The van der Waals surface area contributed by atoms with Crippen LogP contribution in [-0.4, -0.2) is 39.8 Å². The van der Waals surface area contributed by atoms with E-state index < -0.39 is 0 Å². The predicted molar refractivity (Wildman–Crippen MR) is 113 cm³/mol. The van der Waals surface area contributed by atoms with Gasteiger partial charge in [0.25, 0.3) is 0 Å². The van der Waals surface area contributed by atoms with Gasteiger partial charge in [0.2, 0.25) is 11.8 Å². The van der Waals surface area contributed by atoms with E-state index in [1.165, 1.54) is 5.57 Å². The number of fused-ring (bicyclic) bond motifs is 1. The van der Waals surface area contributed by atoms with Crippen LogP contribution in [-0.2, 0) is 16.0 Å². The van der Waals surface area contributed by atoms with Crippen LogP contribution in [0.15, 0.2) is 35.5 Å². The predicted octanol–water partition coefficient (Wildman–Crippen LogP) is 3.53. The van der Waals surface area contributed by atoms with Gasteiger partial charge in [0.1, 0.15) is 10.8 Å². The molecule has 2 amide bonds. The Hall–Kier alpha value is -2.80. The Balaban J connectivity index is 1.21. The summed E-state index contributed by atoms with van der Waals surface area (Å²) < 4.78 is 0. The minimum atomic E-state index is -0.204. The summed E-state index contributed by atoms with van der Waals surface area (Å²) in [5.74, 6) is 0.791. The number of pyridine rings is 1. The fraction of sp³-hybridized carbons (Fsp3) is 0.364. The third-order valence-electron chi connectivity index (χ3n) is 6.00. The molecule has 1 N–H and O–H groups in total. The van der Waals surface area contributed by atoms with Crippen LogP contribution in [0, 0.1) is 5.41 Å². The van der Waals surface area contributed by atoms with Gasteiger partial charge < -0.3 is 10.2 Å². The number of thiazole rings is 1. The van der Waals surface area contributed by atoms with Crippen LogP contribution in [0.25, 0.3) is 12.2 Å². The molecule has 4 heterocycles. The molecular formula is C22H22N4O2S. The van der Waals surface area contributed by atoms with E-state index in [2.05, 4.69) is 21.4 Å². The van der Waals surface area contributed by atoms with Gasteiger partial charge in [0, 0.05) is 36.9 Å². The molecule has 1 saturated heterocycles. The number of nitrogens with one attached hydrogen (secondary N) is 1. The minimum absolute atomic E-state index is 0.0305. The monoisotopic (exact) mass is 406 g/mol. The summed E-state index contributed by atoms with van der Waals surface area (Å²) in [7, 11) is 0. The number of likely N-dealkylation sites (tertiary alicyclic amines) is 1. The lowest BCUT2D eigenvalue weighted by Gasteiger charge is -2.27. The van der Waals surface area contributed by atoms with Crippen molar-refractivity contribution >= 4 is 41.1 Å². The number of rotatable bonds is 3. The first-order chi connectivity index (χ1) is 14.1. The highest BCUT2D eigenvalue weighted by atomic mass is 32.1. The Bertz CT molecular complexity index is 1010. The number of carbonyl (C=O) groups excluding carboxylic acids is 2. The van der Waals surface area contributed by atoms with E-state index in [1.54, 1.807) is 23.6 Å².